The van der Waals surface area contributed by atoms with Crippen molar-refractivity contribution in [3.8, 4) is 0 Å². The molecule has 4 N–H and O–H groups in total. The zero-order valence-corrected chi connectivity index (χ0v) is 14.6. The van der Waals surface area contributed by atoms with Gasteiger partial charge in [-0.1, -0.05) is 25.7 Å². The van der Waals surface area contributed by atoms with Gasteiger partial charge in [0.25, 0.3) is 0 Å². The van der Waals surface area contributed by atoms with E-state index >= 15 is 0 Å². The minimum absolute atomic E-state index is 0.0850. The van der Waals surface area contributed by atoms with Crippen molar-refractivity contribution in [1.29, 1.82) is 0 Å². The molecular formula is C18H31N3O3. The first-order valence-corrected chi connectivity index (χ1v) is 9.40. The van der Waals surface area contributed by atoms with E-state index in [9.17, 15) is 14.4 Å². The third-order valence-electron chi connectivity index (χ3n) is 5.51. The van der Waals surface area contributed by atoms with Crippen molar-refractivity contribution in [2.24, 2.45) is 11.1 Å². The van der Waals surface area contributed by atoms with Crippen molar-refractivity contribution in [2.45, 2.75) is 83.1 Å². The average molecular weight is 337 g/mol. The summed E-state index contributed by atoms with van der Waals surface area (Å²) in [5, 5.41) is 5.65. The highest BCUT2D eigenvalue weighted by Gasteiger charge is 2.36. The standard InChI is InChI=1S/C18H31N3O3/c19-17(24)18(10-4-1-2-5-11-18)12-7-9-15(22)21-14-8-3-6-13-20-16(14)23/h14H,1-13H2,(H2,19,24)(H,20,23)(H,21,22). The molecule has 1 aliphatic heterocycles. The van der Waals surface area contributed by atoms with Crippen molar-refractivity contribution >= 4 is 17.7 Å². The normalized spacial score (nSPS) is 24.3. The van der Waals surface area contributed by atoms with Crippen LogP contribution in [0.5, 0.6) is 0 Å². The lowest BCUT2D eigenvalue weighted by molar-refractivity contribution is -0.130. The van der Waals surface area contributed by atoms with Crippen LogP contribution in [0.1, 0.15) is 77.0 Å². The zero-order valence-electron chi connectivity index (χ0n) is 14.6. The summed E-state index contributed by atoms with van der Waals surface area (Å²) in [5.41, 5.74) is 5.25. The molecule has 1 unspecified atom stereocenters. The highest BCUT2D eigenvalue weighted by molar-refractivity contribution is 5.87. The first-order chi connectivity index (χ1) is 11.5. The Labute approximate surface area is 144 Å². The SMILES string of the molecule is NC(=O)C1(CCCC(=O)NC2CCCCNC2=O)CCCCCC1. The van der Waals surface area contributed by atoms with Gasteiger partial charge in [-0.05, 0) is 44.9 Å². The molecule has 0 bridgehead atoms. The van der Waals surface area contributed by atoms with E-state index in [1.54, 1.807) is 0 Å². The summed E-state index contributed by atoms with van der Waals surface area (Å²) < 4.78 is 0. The van der Waals surface area contributed by atoms with Gasteiger partial charge < -0.3 is 16.4 Å². The van der Waals surface area contributed by atoms with E-state index in [-0.39, 0.29) is 17.7 Å². The number of amides is 3. The molecule has 6 nitrogen and oxygen atoms in total. The molecule has 0 aromatic carbocycles. The third-order valence-corrected chi connectivity index (χ3v) is 5.51. The molecule has 1 aliphatic carbocycles. The summed E-state index contributed by atoms with van der Waals surface area (Å²) in [6.45, 7) is 0.687. The number of nitrogens with two attached hydrogens (primary N) is 1. The van der Waals surface area contributed by atoms with Crippen LogP contribution in [0.2, 0.25) is 0 Å². The molecule has 1 saturated heterocycles. The van der Waals surface area contributed by atoms with Gasteiger partial charge in [-0.3, -0.25) is 14.4 Å². The lowest BCUT2D eigenvalue weighted by Gasteiger charge is -2.29. The summed E-state index contributed by atoms with van der Waals surface area (Å²) in [4.78, 5) is 36.0. The van der Waals surface area contributed by atoms with Crippen LogP contribution >= 0.6 is 0 Å². The van der Waals surface area contributed by atoms with Gasteiger partial charge in [0.05, 0.1) is 0 Å². The number of hydrogen-bond acceptors (Lipinski definition) is 3. The number of rotatable bonds is 6. The number of nitrogens with one attached hydrogen (secondary N) is 2. The predicted octanol–water partition coefficient (Wildman–Crippen LogP) is 1.77. The molecule has 3 amide bonds. The Morgan fingerprint density at radius 1 is 1.12 bits per heavy atom. The van der Waals surface area contributed by atoms with Gasteiger partial charge in [0.15, 0.2) is 0 Å². The number of hydrogen-bond donors (Lipinski definition) is 3. The lowest BCUT2D eigenvalue weighted by Crippen LogP contribution is -2.45. The van der Waals surface area contributed by atoms with Gasteiger partial charge in [-0.2, -0.15) is 0 Å². The van der Waals surface area contributed by atoms with Crippen LogP contribution < -0.4 is 16.4 Å². The predicted molar refractivity (Wildman–Crippen MR) is 92.0 cm³/mol. The first kappa shape index (κ1) is 18.7. The molecule has 6 heteroatoms. The van der Waals surface area contributed by atoms with Gasteiger partial charge in [0, 0.05) is 18.4 Å². The highest BCUT2D eigenvalue weighted by atomic mass is 16.2. The Morgan fingerprint density at radius 2 is 1.83 bits per heavy atom. The summed E-state index contributed by atoms with van der Waals surface area (Å²) in [6.07, 6.45) is 10.3. The molecule has 1 atom stereocenters. The summed E-state index contributed by atoms with van der Waals surface area (Å²) in [7, 11) is 0. The van der Waals surface area contributed by atoms with Crippen LogP contribution in [0.3, 0.4) is 0 Å². The second-order valence-corrected chi connectivity index (χ2v) is 7.32. The molecule has 24 heavy (non-hydrogen) atoms. The van der Waals surface area contributed by atoms with Crippen molar-refractivity contribution in [3.63, 3.8) is 0 Å². The van der Waals surface area contributed by atoms with Crippen LogP contribution in [0.15, 0.2) is 0 Å². The van der Waals surface area contributed by atoms with E-state index in [1.165, 1.54) is 0 Å². The molecule has 0 radical (unpaired) electrons. The topological polar surface area (TPSA) is 101 Å². The third kappa shape index (κ3) is 5.21. The van der Waals surface area contributed by atoms with E-state index in [1.807, 2.05) is 0 Å². The van der Waals surface area contributed by atoms with E-state index < -0.39 is 11.5 Å². The Hall–Kier alpha value is -1.59. The van der Waals surface area contributed by atoms with Crippen molar-refractivity contribution in [2.75, 3.05) is 6.54 Å². The smallest absolute Gasteiger partial charge is 0.242 e. The zero-order chi connectivity index (χ0) is 17.4. The van der Waals surface area contributed by atoms with E-state index in [0.29, 0.717) is 32.2 Å². The van der Waals surface area contributed by atoms with Gasteiger partial charge >= 0.3 is 0 Å². The molecular weight excluding hydrogens is 306 g/mol. The fraction of sp³-hybridized carbons (Fsp3) is 0.833. The van der Waals surface area contributed by atoms with E-state index in [4.69, 9.17) is 5.73 Å². The molecule has 0 aromatic rings. The maximum Gasteiger partial charge on any atom is 0.242 e. The van der Waals surface area contributed by atoms with Crippen LogP contribution in [-0.4, -0.2) is 30.3 Å². The fourth-order valence-electron chi connectivity index (χ4n) is 3.96. The minimum atomic E-state index is -0.434. The van der Waals surface area contributed by atoms with E-state index in [2.05, 4.69) is 10.6 Å². The van der Waals surface area contributed by atoms with Crippen LogP contribution in [0.4, 0.5) is 0 Å². The fourth-order valence-corrected chi connectivity index (χ4v) is 3.96. The van der Waals surface area contributed by atoms with Gasteiger partial charge in [-0.25, -0.2) is 0 Å². The molecule has 1 saturated carbocycles. The molecule has 2 aliphatic rings. The number of carbonyl (C=O) groups excluding carboxylic acids is 3. The molecule has 0 spiro atoms. The van der Waals surface area contributed by atoms with Crippen molar-refractivity contribution < 1.29 is 14.4 Å². The molecule has 0 aromatic heterocycles. The Balaban J connectivity index is 1.79. The van der Waals surface area contributed by atoms with Gasteiger partial charge in [-0.15, -0.1) is 0 Å². The second-order valence-electron chi connectivity index (χ2n) is 7.32. The Morgan fingerprint density at radius 3 is 2.50 bits per heavy atom. The molecule has 2 rings (SSSR count). The Bertz CT molecular complexity index is 456. The first-order valence-electron chi connectivity index (χ1n) is 9.40. The Kier molecular flexibility index (Phi) is 7.06. The second kappa shape index (κ2) is 9.04. The largest absolute Gasteiger partial charge is 0.369 e. The summed E-state index contributed by atoms with van der Waals surface area (Å²) in [5.74, 6) is -0.406. The van der Waals surface area contributed by atoms with Gasteiger partial charge in [0.2, 0.25) is 17.7 Å². The summed E-state index contributed by atoms with van der Waals surface area (Å²) >= 11 is 0. The summed E-state index contributed by atoms with van der Waals surface area (Å²) in [6, 6.07) is -0.414. The molecule has 2 fully saturated rings. The monoisotopic (exact) mass is 337 g/mol. The minimum Gasteiger partial charge on any atom is -0.369 e. The van der Waals surface area contributed by atoms with E-state index in [0.717, 1.165) is 51.4 Å². The number of primary amides is 1. The van der Waals surface area contributed by atoms with Crippen LogP contribution in [0.25, 0.3) is 0 Å². The maximum absolute atomic E-state index is 12.1. The average Bonchev–Trinajstić information content (AvgIpc) is 2.90. The number of carbonyl (C=O) groups is 3. The highest BCUT2D eigenvalue weighted by Crippen LogP contribution is 2.39. The maximum atomic E-state index is 12.1. The van der Waals surface area contributed by atoms with Crippen LogP contribution in [-0.2, 0) is 14.4 Å². The molecule has 1 heterocycles. The molecule has 136 valence electrons. The lowest BCUT2D eigenvalue weighted by atomic mass is 9.75. The van der Waals surface area contributed by atoms with Crippen LogP contribution in [0, 0.1) is 5.41 Å². The quantitative estimate of drug-likeness (QED) is 0.644. The van der Waals surface area contributed by atoms with Crippen molar-refractivity contribution in [1.82, 2.24) is 10.6 Å². The van der Waals surface area contributed by atoms with Crippen molar-refractivity contribution in [3.05, 3.63) is 0 Å². The van der Waals surface area contributed by atoms with Gasteiger partial charge in [0.1, 0.15) is 6.04 Å².